The summed E-state index contributed by atoms with van der Waals surface area (Å²) in [6.07, 6.45) is 0. The molecule has 96 valence electrons. The van der Waals surface area contributed by atoms with Gasteiger partial charge in [-0.25, -0.2) is 0 Å². The zero-order valence-corrected chi connectivity index (χ0v) is 11.8. The second-order valence-electron chi connectivity index (χ2n) is 4.40. The first kappa shape index (κ1) is 12.0. The number of benzene rings is 2. The van der Waals surface area contributed by atoms with Gasteiger partial charge in [-0.3, -0.25) is 4.68 Å². The SMILES string of the molecule is Cn1nc(-c2c(O)ccc3cc(Br)ccc23)cc1N. The number of aromatic nitrogens is 2. The Morgan fingerprint density at radius 1 is 1.21 bits per heavy atom. The van der Waals surface area contributed by atoms with Crippen molar-refractivity contribution >= 4 is 32.5 Å². The monoisotopic (exact) mass is 317 g/mol. The zero-order chi connectivity index (χ0) is 13.6. The molecule has 0 atom stereocenters. The van der Waals surface area contributed by atoms with Gasteiger partial charge in [-0.1, -0.05) is 28.1 Å². The van der Waals surface area contributed by atoms with Gasteiger partial charge in [0.1, 0.15) is 11.6 Å². The third-order valence-electron chi connectivity index (χ3n) is 3.13. The highest BCUT2D eigenvalue weighted by Gasteiger charge is 2.13. The van der Waals surface area contributed by atoms with Crippen LogP contribution in [0.25, 0.3) is 22.0 Å². The summed E-state index contributed by atoms with van der Waals surface area (Å²) >= 11 is 3.45. The first-order valence-electron chi connectivity index (χ1n) is 5.77. The lowest BCUT2D eigenvalue weighted by atomic mass is 10.0. The molecule has 3 aromatic rings. The maximum atomic E-state index is 10.1. The van der Waals surface area contributed by atoms with Crippen LogP contribution in [0.15, 0.2) is 40.9 Å². The molecule has 5 heteroatoms. The Hall–Kier alpha value is -2.01. The van der Waals surface area contributed by atoms with E-state index < -0.39 is 0 Å². The predicted octanol–water partition coefficient (Wildman–Crippen LogP) is 3.29. The Kier molecular flexibility index (Phi) is 2.71. The van der Waals surface area contributed by atoms with Gasteiger partial charge < -0.3 is 10.8 Å². The van der Waals surface area contributed by atoms with Crippen LogP contribution in [0.1, 0.15) is 0 Å². The fraction of sp³-hybridized carbons (Fsp3) is 0.0714. The molecule has 0 bridgehead atoms. The molecule has 1 aromatic heterocycles. The van der Waals surface area contributed by atoms with Crippen molar-refractivity contribution in [2.45, 2.75) is 0 Å². The van der Waals surface area contributed by atoms with Crippen LogP contribution in [0.3, 0.4) is 0 Å². The Morgan fingerprint density at radius 2 is 2.00 bits per heavy atom. The van der Waals surface area contributed by atoms with Crippen molar-refractivity contribution in [2.24, 2.45) is 7.05 Å². The number of nitrogen functional groups attached to an aromatic ring is 1. The molecule has 4 nitrogen and oxygen atoms in total. The molecular weight excluding hydrogens is 306 g/mol. The molecule has 3 N–H and O–H groups in total. The summed E-state index contributed by atoms with van der Waals surface area (Å²) in [5.41, 5.74) is 7.19. The van der Waals surface area contributed by atoms with Gasteiger partial charge in [-0.05, 0) is 29.0 Å². The van der Waals surface area contributed by atoms with E-state index in [0.717, 1.165) is 15.2 Å². The van der Waals surface area contributed by atoms with Crippen molar-refractivity contribution < 1.29 is 5.11 Å². The van der Waals surface area contributed by atoms with E-state index in [0.29, 0.717) is 17.1 Å². The average Bonchev–Trinajstić information content (AvgIpc) is 2.69. The van der Waals surface area contributed by atoms with Crippen LogP contribution in [-0.4, -0.2) is 14.9 Å². The van der Waals surface area contributed by atoms with Crippen LogP contribution in [0.2, 0.25) is 0 Å². The number of fused-ring (bicyclic) bond motifs is 1. The van der Waals surface area contributed by atoms with Crippen LogP contribution in [0, 0.1) is 0 Å². The number of anilines is 1. The fourth-order valence-corrected chi connectivity index (χ4v) is 2.54. The van der Waals surface area contributed by atoms with E-state index in [9.17, 15) is 5.11 Å². The topological polar surface area (TPSA) is 64.1 Å². The van der Waals surface area contributed by atoms with Crippen LogP contribution < -0.4 is 5.73 Å². The van der Waals surface area contributed by atoms with E-state index in [1.807, 2.05) is 24.3 Å². The minimum absolute atomic E-state index is 0.202. The van der Waals surface area contributed by atoms with Crippen molar-refractivity contribution in [1.82, 2.24) is 9.78 Å². The van der Waals surface area contributed by atoms with E-state index in [1.54, 1.807) is 23.9 Å². The third kappa shape index (κ3) is 1.96. The molecule has 0 saturated carbocycles. The van der Waals surface area contributed by atoms with E-state index in [4.69, 9.17) is 5.73 Å². The van der Waals surface area contributed by atoms with Crippen LogP contribution >= 0.6 is 15.9 Å². The highest BCUT2D eigenvalue weighted by molar-refractivity contribution is 9.10. The number of nitrogens with zero attached hydrogens (tertiary/aromatic N) is 2. The molecule has 0 unspecified atom stereocenters. The van der Waals surface area contributed by atoms with Crippen molar-refractivity contribution in [3.63, 3.8) is 0 Å². The second kappa shape index (κ2) is 4.28. The molecule has 0 radical (unpaired) electrons. The molecule has 3 rings (SSSR count). The highest BCUT2D eigenvalue weighted by atomic mass is 79.9. The van der Waals surface area contributed by atoms with Gasteiger partial charge in [0.15, 0.2) is 0 Å². The van der Waals surface area contributed by atoms with Crippen molar-refractivity contribution in [2.75, 3.05) is 5.73 Å². The molecule has 0 fully saturated rings. The number of hydrogen-bond acceptors (Lipinski definition) is 3. The lowest BCUT2D eigenvalue weighted by Gasteiger charge is -2.07. The van der Waals surface area contributed by atoms with Crippen LogP contribution in [0.4, 0.5) is 5.82 Å². The summed E-state index contributed by atoms with van der Waals surface area (Å²) in [6, 6.07) is 11.2. The summed E-state index contributed by atoms with van der Waals surface area (Å²) in [6.45, 7) is 0. The minimum atomic E-state index is 0.202. The van der Waals surface area contributed by atoms with E-state index >= 15 is 0 Å². The van der Waals surface area contributed by atoms with Gasteiger partial charge in [0.25, 0.3) is 0 Å². The van der Waals surface area contributed by atoms with Gasteiger partial charge in [-0.15, -0.1) is 0 Å². The number of rotatable bonds is 1. The van der Waals surface area contributed by atoms with Crippen LogP contribution in [0.5, 0.6) is 5.75 Å². The average molecular weight is 318 g/mol. The quantitative estimate of drug-likeness (QED) is 0.724. The molecule has 0 aliphatic rings. The summed E-state index contributed by atoms with van der Waals surface area (Å²) in [5.74, 6) is 0.761. The maximum absolute atomic E-state index is 10.1. The van der Waals surface area contributed by atoms with Gasteiger partial charge in [0.05, 0.1) is 11.3 Å². The minimum Gasteiger partial charge on any atom is -0.507 e. The first-order chi connectivity index (χ1) is 9.06. The number of nitrogens with two attached hydrogens (primary N) is 1. The van der Waals surface area contributed by atoms with E-state index in [-0.39, 0.29) is 5.75 Å². The molecule has 0 amide bonds. The van der Waals surface area contributed by atoms with Gasteiger partial charge >= 0.3 is 0 Å². The van der Waals surface area contributed by atoms with Crippen LogP contribution in [-0.2, 0) is 7.05 Å². The molecule has 0 spiro atoms. The van der Waals surface area contributed by atoms with Gasteiger partial charge in [0, 0.05) is 17.6 Å². The lowest BCUT2D eigenvalue weighted by Crippen LogP contribution is -1.96. The smallest absolute Gasteiger partial charge is 0.125 e. The molecule has 0 aliphatic carbocycles. The molecule has 1 heterocycles. The molecule has 0 aliphatic heterocycles. The van der Waals surface area contributed by atoms with Crippen molar-refractivity contribution in [3.8, 4) is 17.0 Å². The number of halogens is 1. The first-order valence-corrected chi connectivity index (χ1v) is 6.56. The molecular formula is C14H12BrN3O. The zero-order valence-electron chi connectivity index (χ0n) is 10.3. The Balaban J connectivity index is 2.35. The highest BCUT2D eigenvalue weighted by Crippen LogP contribution is 2.37. The van der Waals surface area contributed by atoms with Crippen molar-refractivity contribution in [3.05, 3.63) is 40.9 Å². The number of phenols is 1. The third-order valence-corrected chi connectivity index (χ3v) is 3.63. The van der Waals surface area contributed by atoms with E-state index in [2.05, 4.69) is 21.0 Å². The standard InChI is InChI=1S/C14H12BrN3O/c1-18-13(16)7-11(17-18)14-10-4-3-9(15)6-8(10)2-5-12(14)19/h2-7,19H,16H2,1H3. The Labute approximate surface area is 118 Å². The molecule has 0 saturated heterocycles. The number of aromatic hydroxyl groups is 1. The predicted molar refractivity (Wildman–Crippen MR) is 79.9 cm³/mol. The fourth-order valence-electron chi connectivity index (χ4n) is 2.16. The normalized spacial score (nSPS) is 11.1. The Bertz CT molecular complexity index is 760. The second-order valence-corrected chi connectivity index (χ2v) is 5.32. The van der Waals surface area contributed by atoms with Gasteiger partial charge in [0.2, 0.25) is 0 Å². The number of aryl methyl sites for hydroxylation is 1. The summed E-state index contributed by atoms with van der Waals surface area (Å²) < 4.78 is 2.59. The van der Waals surface area contributed by atoms with E-state index in [1.165, 1.54) is 0 Å². The molecule has 2 aromatic carbocycles. The summed E-state index contributed by atoms with van der Waals surface area (Å²) in [7, 11) is 1.78. The Morgan fingerprint density at radius 3 is 2.68 bits per heavy atom. The number of hydrogen-bond donors (Lipinski definition) is 2. The lowest BCUT2D eigenvalue weighted by molar-refractivity contribution is 0.478. The van der Waals surface area contributed by atoms with Gasteiger partial charge in [-0.2, -0.15) is 5.10 Å². The maximum Gasteiger partial charge on any atom is 0.125 e. The summed E-state index contributed by atoms with van der Waals surface area (Å²) in [5, 5.41) is 16.4. The largest absolute Gasteiger partial charge is 0.507 e. The summed E-state index contributed by atoms with van der Waals surface area (Å²) in [4.78, 5) is 0. The number of phenolic OH excluding ortho intramolecular Hbond substituents is 1. The molecule has 19 heavy (non-hydrogen) atoms. The van der Waals surface area contributed by atoms with Crippen molar-refractivity contribution in [1.29, 1.82) is 0 Å².